The van der Waals surface area contributed by atoms with Crippen molar-refractivity contribution in [1.82, 2.24) is 5.32 Å². The van der Waals surface area contributed by atoms with Crippen LogP contribution in [0, 0.1) is 13.8 Å². The Balaban J connectivity index is 1.59. The average Bonchev–Trinajstić information content (AvgIpc) is 2.46. The van der Waals surface area contributed by atoms with Crippen molar-refractivity contribution in [3.8, 4) is 0 Å². The summed E-state index contributed by atoms with van der Waals surface area (Å²) in [5.41, 5.74) is 3.04. The van der Waals surface area contributed by atoms with E-state index in [2.05, 4.69) is 22.0 Å². The van der Waals surface area contributed by atoms with Gasteiger partial charge in [-0.25, -0.2) is 0 Å². The molecule has 5 nitrogen and oxygen atoms in total. The number of nitrogens with one attached hydrogen (secondary N) is 2. The third kappa shape index (κ3) is 3.91. The van der Waals surface area contributed by atoms with Crippen molar-refractivity contribution in [2.45, 2.75) is 64.1 Å². The molecule has 1 aliphatic heterocycles. The van der Waals surface area contributed by atoms with Crippen LogP contribution in [0.1, 0.15) is 43.2 Å². The number of anilines is 1. The van der Waals surface area contributed by atoms with E-state index in [-0.39, 0.29) is 30.3 Å². The van der Waals surface area contributed by atoms with Gasteiger partial charge < -0.3 is 16.0 Å². The van der Waals surface area contributed by atoms with E-state index in [1.807, 2.05) is 26.0 Å². The molecule has 1 saturated heterocycles. The minimum absolute atomic E-state index is 0.00345. The van der Waals surface area contributed by atoms with Crippen LogP contribution in [0.4, 0.5) is 5.69 Å². The second kappa shape index (κ2) is 6.71. The van der Waals surface area contributed by atoms with Gasteiger partial charge in [0.05, 0.1) is 12.5 Å². The van der Waals surface area contributed by atoms with Gasteiger partial charge in [-0.05, 0) is 49.9 Å². The Kier molecular flexibility index (Phi) is 4.66. The summed E-state index contributed by atoms with van der Waals surface area (Å²) in [5.74, 6) is -0.0932. The van der Waals surface area contributed by atoms with Gasteiger partial charge in [0.15, 0.2) is 6.04 Å². The zero-order valence-electron chi connectivity index (χ0n) is 13.9. The van der Waals surface area contributed by atoms with Crippen molar-refractivity contribution >= 4 is 17.5 Å². The van der Waals surface area contributed by atoms with Gasteiger partial charge in [0.1, 0.15) is 6.04 Å². The molecule has 0 unspecified atom stereocenters. The maximum absolute atomic E-state index is 12.3. The predicted molar refractivity (Wildman–Crippen MR) is 89.1 cm³/mol. The molecule has 0 radical (unpaired) electrons. The summed E-state index contributed by atoms with van der Waals surface area (Å²) in [6.45, 7) is 4.02. The number of carbonyl (C=O) groups is 2. The first-order valence-corrected chi connectivity index (χ1v) is 8.55. The molecule has 3 atom stereocenters. The molecule has 0 bridgehead atoms. The topological polar surface area (TPSA) is 74.8 Å². The molecule has 2 fully saturated rings. The van der Waals surface area contributed by atoms with Crippen molar-refractivity contribution in [2.75, 3.05) is 5.32 Å². The number of quaternary nitrogens is 1. The van der Waals surface area contributed by atoms with Crippen molar-refractivity contribution in [3.63, 3.8) is 0 Å². The molecule has 3 rings (SSSR count). The van der Waals surface area contributed by atoms with Gasteiger partial charge in [0.25, 0.3) is 5.91 Å². The van der Waals surface area contributed by atoms with Gasteiger partial charge in [-0.3, -0.25) is 9.59 Å². The third-order valence-corrected chi connectivity index (χ3v) is 4.87. The van der Waals surface area contributed by atoms with E-state index in [1.165, 1.54) is 12.8 Å². The lowest BCUT2D eigenvalue weighted by atomic mass is 9.87. The fraction of sp³-hybridized carbons (Fsp3) is 0.556. The molecule has 0 aromatic heterocycles. The maximum Gasteiger partial charge on any atom is 0.279 e. The number of amides is 2. The van der Waals surface area contributed by atoms with E-state index >= 15 is 0 Å². The lowest BCUT2D eigenvalue weighted by Crippen LogP contribution is -3.03. The highest BCUT2D eigenvalue weighted by molar-refractivity contribution is 5.95. The molecule has 1 saturated carbocycles. The number of hydrogen-bond donors (Lipinski definition) is 3. The first kappa shape index (κ1) is 16.0. The smallest absolute Gasteiger partial charge is 0.279 e. The highest BCUT2D eigenvalue weighted by Gasteiger charge is 2.40. The predicted octanol–water partition coefficient (Wildman–Crippen LogP) is 1.01. The largest absolute Gasteiger partial charge is 0.342 e. The fourth-order valence-corrected chi connectivity index (χ4v) is 3.86. The van der Waals surface area contributed by atoms with E-state index < -0.39 is 0 Å². The number of rotatable bonds is 3. The third-order valence-electron chi connectivity index (χ3n) is 4.87. The Morgan fingerprint density at radius 2 is 1.91 bits per heavy atom. The van der Waals surface area contributed by atoms with Crippen molar-refractivity contribution in [3.05, 3.63) is 29.3 Å². The van der Waals surface area contributed by atoms with Gasteiger partial charge in [-0.15, -0.1) is 0 Å². The molecule has 0 spiro atoms. The highest BCUT2D eigenvalue weighted by atomic mass is 16.2. The Hall–Kier alpha value is -1.88. The normalized spacial score (nSPS) is 27.0. The summed E-state index contributed by atoms with van der Waals surface area (Å²) in [6, 6.07) is 6.39. The van der Waals surface area contributed by atoms with Crippen LogP contribution in [-0.4, -0.2) is 29.9 Å². The van der Waals surface area contributed by atoms with Gasteiger partial charge in [0.2, 0.25) is 5.91 Å². The Bertz CT molecular complexity index is 594. The van der Waals surface area contributed by atoms with Crippen LogP contribution in [0.25, 0.3) is 0 Å². The average molecular weight is 316 g/mol. The second-order valence-electron chi connectivity index (χ2n) is 6.99. The van der Waals surface area contributed by atoms with E-state index in [0.29, 0.717) is 6.04 Å². The number of fused-ring (bicyclic) bond motifs is 1. The summed E-state index contributed by atoms with van der Waals surface area (Å²) < 4.78 is 0. The van der Waals surface area contributed by atoms with Crippen LogP contribution < -0.4 is 16.0 Å². The lowest BCUT2D eigenvalue weighted by Gasteiger charge is -2.37. The first-order chi connectivity index (χ1) is 11.0. The monoisotopic (exact) mass is 316 g/mol. The number of carbonyl (C=O) groups excluding carboxylic acids is 2. The number of nitrogens with two attached hydrogens (primary N) is 1. The Morgan fingerprint density at radius 1 is 1.22 bits per heavy atom. The lowest BCUT2D eigenvalue weighted by molar-refractivity contribution is -0.718. The van der Waals surface area contributed by atoms with Gasteiger partial charge >= 0.3 is 0 Å². The summed E-state index contributed by atoms with van der Waals surface area (Å²) >= 11 is 0. The summed E-state index contributed by atoms with van der Waals surface area (Å²) in [4.78, 5) is 24.5. The number of aryl methyl sites for hydroxylation is 2. The van der Waals surface area contributed by atoms with Crippen LogP contribution in [-0.2, 0) is 9.59 Å². The SMILES string of the molecule is Cc1cc(C)cc(NC(=O)C[C@H]2[NH2+][C@H]3CCCC[C@H]3NC2=O)c1. The first-order valence-electron chi connectivity index (χ1n) is 8.55. The molecule has 2 amide bonds. The second-order valence-corrected chi connectivity index (χ2v) is 6.99. The van der Waals surface area contributed by atoms with Crippen LogP contribution in [0.2, 0.25) is 0 Å². The van der Waals surface area contributed by atoms with Gasteiger partial charge in [-0.1, -0.05) is 12.5 Å². The van der Waals surface area contributed by atoms with Crippen LogP contribution in [0.15, 0.2) is 18.2 Å². The van der Waals surface area contributed by atoms with Crippen molar-refractivity contribution < 1.29 is 14.9 Å². The van der Waals surface area contributed by atoms with Crippen LogP contribution >= 0.6 is 0 Å². The standard InChI is InChI=1S/C18H25N3O2/c1-11-7-12(2)9-13(8-11)19-17(22)10-16-18(23)21-15-6-4-3-5-14(15)20-16/h7-9,14-16,20H,3-6,10H2,1-2H3,(H,19,22)(H,21,23)/p+1/t14-,15+,16+/m0/s1. The molecule has 5 heteroatoms. The molecule has 1 aliphatic carbocycles. The molecule has 4 N–H and O–H groups in total. The maximum atomic E-state index is 12.3. The number of hydrogen-bond acceptors (Lipinski definition) is 2. The van der Waals surface area contributed by atoms with Gasteiger partial charge in [0, 0.05) is 12.1 Å². The molecule has 23 heavy (non-hydrogen) atoms. The molecule has 1 aromatic carbocycles. The molecular formula is C18H26N3O2+. The minimum Gasteiger partial charge on any atom is -0.342 e. The Morgan fingerprint density at radius 3 is 2.65 bits per heavy atom. The summed E-state index contributed by atoms with van der Waals surface area (Å²) in [5, 5.41) is 8.15. The highest BCUT2D eigenvalue weighted by Crippen LogP contribution is 2.19. The molecular weight excluding hydrogens is 290 g/mol. The van der Waals surface area contributed by atoms with E-state index in [1.54, 1.807) is 0 Å². The molecule has 1 heterocycles. The molecule has 2 aliphatic rings. The zero-order chi connectivity index (χ0) is 16.4. The van der Waals surface area contributed by atoms with Gasteiger partial charge in [-0.2, -0.15) is 0 Å². The summed E-state index contributed by atoms with van der Waals surface area (Å²) in [6.07, 6.45) is 4.82. The Labute approximate surface area is 137 Å². The van der Waals surface area contributed by atoms with E-state index in [4.69, 9.17) is 0 Å². The zero-order valence-corrected chi connectivity index (χ0v) is 13.9. The van der Waals surface area contributed by atoms with Crippen molar-refractivity contribution in [1.29, 1.82) is 0 Å². The van der Waals surface area contributed by atoms with E-state index in [9.17, 15) is 9.59 Å². The number of benzene rings is 1. The van der Waals surface area contributed by atoms with Crippen LogP contribution in [0.5, 0.6) is 0 Å². The summed E-state index contributed by atoms with van der Waals surface area (Å²) in [7, 11) is 0. The quantitative estimate of drug-likeness (QED) is 0.778. The fourth-order valence-electron chi connectivity index (χ4n) is 3.86. The van der Waals surface area contributed by atoms with Crippen molar-refractivity contribution in [2.24, 2.45) is 0 Å². The number of piperazine rings is 1. The van der Waals surface area contributed by atoms with E-state index in [0.717, 1.165) is 29.7 Å². The van der Waals surface area contributed by atoms with Crippen LogP contribution in [0.3, 0.4) is 0 Å². The molecule has 1 aromatic rings. The minimum atomic E-state index is -0.305. The molecule has 124 valence electrons.